The molecule has 46 heavy (non-hydrogen) atoms. The van der Waals surface area contributed by atoms with E-state index in [0.717, 1.165) is 6.42 Å². The van der Waals surface area contributed by atoms with Crippen LogP contribution in [-0.4, -0.2) is 0 Å². The monoisotopic (exact) mass is 646 g/mol. The molecule has 0 saturated carbocycles. The van der Waals surface area contributed by atoms with Gasteiger partial charge in [0.2, 0.25) is 0 Å². The van der Waals surface area contributed by atoms with Crippen LogP contribution in [0.15, 0.2) is 0 Å². The van der Waals surface area contributed by atoms with Crippen LogP contribution in [0.4, 0.5) is 0 Å². The molecule has 1 radical (unpaired) electrons. The molecule has 0 heterocycles. The van der Waals surface area contributed by atoms with Crippen molar-refractivity contribution in [1.29, 1.82) is 0 Å². The van der Waals surface area contributed by atoms with E-state index in [-0.39, 0.29) is 0 Å². The maximum absolute atomic E-state index is 3.93. The number of rotatable bonds is 43. The summed E-state index contributed by atoms with van der Waals surface area (Å²) in [6, 6.07) is 0. The molecule has 0 saturated heterocycles. The number of hydrogen-bond acceptors (Lipinski definition) is 0. The van der Waals surface area contributed by atoms with E-state index in [1.807, 2.05) is 0 Å². The van der Waals surface area contributed by atoms with Gasteiger partial charge in [-0.1, -0.05) is 296 Å². The molecular formula is C46H93. The highest BCUT2D eigenvalue weighted by Crippen LogP contribution is 2.18. The molecule has 0 aromatic carbocycles. The first-order valence-electron chi connectivity index (χ1n) is 22.7. The summed E-state index contributed by atoms with van der Waals surface area (Å²) in [5.74, 6) is 0. The molecule has 0 aliphatic carbocycles. The lowest BCUT2D eigenvalue weighted by Gasteiger charge is -2.05. The van der Waals surface area contributed by atoms with Gasteiger partial charge in [-0.15, -0.1) is 0 Å². The SMILES string of the molecule is [CH2]CCCCCCCCCCCCCCCCCCCCCCCCCCCCCCCCCCCCCCCCCCCCC. The van der Waals surface area contributed by atoms with Crippen LogP contribution in [0, 0.1) is 6.92 Å². The Morgan fingerprint density at radius 1 is 0.174 bits per heavy atom. The highest BCUT2D eigenvalue weighted by atomic mass is 14.0. The van der Waals surface area contributed by atoms with Crippen molar-refractivity contribution in [3.05, 3.63) is 6.92 Å². The first-order chi connectivity index (χ1) is 22.9. The summed E-state index contributed by atoms with van der Waals surface area (Å²) < 4.78 is 0. The summed E-state index contributed by atoms with van der Waals surface area (Å²) >= 11 is 0. The zero-order valence-corrected chi connectivity index (χ0v) is 32.8. The summed E-state index contributed by atoms with van der Waals surface area (Å²) in [6.45, 7) is 6.25. The summed E-state index contributed by atoms with van der Waals surface area (Å²) in [7, 11) is 0. The Balaban J connectivity index is 3.03. The predicted molar refractivity (Wildman–Crippen MR) is 214 cm³/mol. The van der Waals surface area contributed by atoms with Crippen molar-refractivity contribution in [2.75, 3.05) is 0 Å². The van der Waals surface area contributed by atoms with Gasteiger partial charge in [0, 0.05) is 0 Å². The van der Waals surface area contributed by atoms with Gasteiger partial charge in [0.15, 0.2) is 0 Å². The molecule has 0 aromatic rings. The van der Waals surface area contributed by atoms with E-state index in [9.17, 15) is 0 Å². The van der Waals surface area contributed by atoms with Crippen LogP contribution in [0.2, 0.25) is 0 Å². The molecule has 0 nitrogen and oxygen atoms in total. The second-order valence-electron chi connectivity index (χ2n) is 15.7. The second-order valence-corrected chi connectivity index (χ2v) is 15.7. The fraction of sp³-hybridized carbons (Fsp3) is 0.978. The molecule has 0 spiro atoms. The van der Waals surface area contributed by atoms with Crippen molar-refractivity contribution in [3.63, 3.8) is 0 Å². The summed E-state index contributed by atoms with van der Waals surface area (Å²) in [6.07, 6.45) is 64.8. The van der Waals surface area contributed by atoms with Gasteiger partial charge >= 0.3 is 0 Å². The highest BCUT2D eigenvalue weighted by molar-refractivity contribution is 4.54. The maximum atomic E-state index is 3.93. The van der Waals surface area contributed by atoms with Gasteiger partial charge in [0.1, 0.15) is 0 Å². The van der Waals surface area contributed by atoms with E-state index in [1.165, 1.54) is 276 Å². The van der Waals surface area contributed by atoms with Gasteiger partial charge in [0.25, 0.3) is 0 Å². The van der Waals surface area contributed by atoms with Crippen molar-refractivity contribution in [2.24, 2.45) is 0 Å². The maximum Gasteiger partial charge on any atom is -0.0533 e. The molecule has 0 N–H and O–H groups in total. The molecule has 0 fully saturated rings. The van der Waals surface area contributed by atoms with Crippen molar-refractivity contribution in [3.8, 4) is 0 Å². The van der Waals surface area contributed by atoms with E-state index in [4.69, 9.17) is 0 Å². The van der Waals surface area contributed by atoms with Gasteiger partial charge in [0.05, 0.1) is 0 Å². The highest BCUT2D eigenvalue weighted by Gasteiger charge is 1.98. The summed E-state index contributed by atoms with van der Waals surface area (Å²) in [5, 5.41) is 0. The Kier molecular flexibility index (Phi) is 45.0. The van der Waals surface area contributed by atoms with E-state index >= 15 is 0 Å². The average molecular weight is 646 g/mol. The van der Waals surface area contributed by atoms with Crippen LogP contribution in [0.5, 0.6) is 0 Å². The molecule has 0 rings (SSSR count). The Morgan fingerprint density at radius 2 is 0.283 bits per heavy atom. The lowest BCUT2D eigenvalue weighted by Crippen LogP contribution is -1.85. The van der Waals surface area contributed by atoms with Crippen LogP contribution in [0.1, 0.15) is 289 Å². The predicted octanol–water partition coefficient (Wildman–Crippen LogP) is 18.0. The normalized spacial score (nSPS) is 11.6. The quantitative estimate of drug-likeness (QED) is 0.0579. The van der Waals surface area contributed by atoms with E-state index in [1.54, 1.807) is 0 Å². The zero-order chi connectivity index (χ0) is 33.1. The molecule has 0 aliphatic rings. The molecule has 0 aliphatic heterocycles. The van der Waals surface area contributed by atoms with Gasteiger partial charge in [-0.05, 0) is 0 Å². The molecule has 0 atom stereocenters. The van der Waals surface area contributed by atoms with Gasteiger partial charge in [-0.3, -0.25) is 0 Å². The lowest BCUT2D eigenvalue weighted by molar-refractivity contribution is 0.509. The van der Waals surface area contributed by atoms with E-state index in [0.29, 0.717) is 0 Å². The third kappa shape index (κ3) is 44.0. The van der Waals surface area contributed by atoms with Crippen LogP contribution >= 0.6 is 0 Å². The minimum absolute atomic E-state index is 1.12. The fourth-order valence-corrected chi connectivity index (χ4v) is 7.50. The average Bonchev–Trinajstić information content (AvgIpc) is 3.07. The van der Waals surface area contributed by atoms with Crippen molar-refractivity contribution >= 4 is 0 Å². The fourth-order valence-electron chi connectivity index (χ4n) is 7.50. The third-order valence-electron chi connectivity index (χ3n) is 10.9. The van der Waals surface area contributed by atoms with Gasteiger partial charge in [-0.25, -0.2) is 0 Å². The largest absolute Gasteiger partial charge is 0.0654 e. The van der Waals surface area contributed by atoms with Crippen molar-refractivity contribution in [2.45, 2.75) is 289 Å². The Hall–Kier alpha value is 0. The summed E-state index contributed by atoms with van der Waals surface area (Å²) in [5.41, 5.74) is 0. The molecule has 0 amide bonds. The lowest BCUT2D eigenvalue weighted by atomic mass is 10.0. The number of hydrogen-bond donors (Lipinski definition) is 0. The van der Waals surface area contributed by atoms with Gasteiger partial charge in [-0.2, -0.15) is 0 Å². The first kappa shape index (κ1) is 46.0. The Labute approximate surface area is 295 Å². The molecule has 0 bridgehead atoms. The molecule has 0 aromatic heterocycles. The Morgan fingerprint density at radius 3 is 0.391 bits per heavy atom. The smallest absolute Gasteiger partial charge is 0.0533 e. The van der Waals surface area contributed by atoms with E-state index < -0.39 is 0 Å². The van der Waals surface area contributed by atoms with Crippen LogP contribution < -0.4 is 0 Å². The van der Waals surface area contributed by atoms with Crippen molar-refractivity contribution in [1.82, 2.24) is 0 Å². The topological polar surface area (TPSA) is 0 Å². The molecule has 0 unspecified atom stereocenters. The Bertz CT molecular complexity index is 436. The van der Waals surface area contributed by atoms with Crippen LogP contribution in [-0.2, 0) is 0 Å². The molecular weight excluding hydrogens is 553 g/mol. The third-order valence-corrected chi connectivity index (χ3v) is 10.9. The minimum atomic E-state index is 1.12. The summed E-state index contributed by atoms with van der Waals surface area (Å²) in [4.78, 5) is 0. The molecule has 277 valence electrons. The van der Waals surface area contributed by atoms with Crippen molar-refractivity contribution < 1.29 is 0 Å². The minimum Gasteiger partial charge on any atom is -0.0654 e. The van der Waals surface area contributed by atoms with Gasteiger partial charge < -0.3 is 0 Å². The number of unbranched alkanes of at least 4 members (excludes halogenated alkanes) is 43. The zero-order valence-electron chi connectivity index (χ0n) is 32.8. The first-order valence-corrected chi connectivity index (χ1v) is 22.7. The van der Waals surface area contributed by atoms with Crippen LogP contribution in [0.3, 0.4) is 0 Å². The van der Waals surface area contributed by atoms with Crippen LogP contribution in [0.25, 0.3) is 0 Å². The molecule has 0 heteroatoms. The van der Waals surface area contributed by atoms with E-state index in [2.05, 4.69) is 13.8 Å². The second kappa shape index (κ2) is 45.0. The standard InChI is InChI=1S/C46H93/c1-3-5-7-9-11-13-15-17-19-21-23-25-27-29-31-33-35-37-39-41-43-45-46-44-42-40-38-36-34-32-30-28-26-24-22-20-18-16-14-12-10-8-6-4-2/h1,3-46H2,2H3.